The van der Waals surface area contributed by atoms with Gasteiger partial charge in [-0.1, -0.05) is 78.2 Å². The van der Waals surface area contributed by atoms with Crippen LogP contribution in [0, 0.1) is 6.92 Å². The smallest absolute Gasteiger partial charge is 0.287 e. The van der Waals surface area contributed by atoms with Crippen molar-refractivity contribution >= 4 is 62.8 Å². The lowest BCUT2D eigenvalue weighted by Gasteiger charge is -2.37. The van der Waals surface area contributed by atoms with Gasteiger partial charge < -0.3 is 28.7 Å². The highest BCUT2D eigenvalue weighted by molar-refractivity contribution is 7.99. The molecule has 0 aliphatic carbocycles. The molecular formula is C40H43N5O5S. The van der Waals surface area contributed by atoms with E-state index in [1.807, 2.05) is 40.7 Å². The summed E-state index contributed by atoms with van der Waals surface area (Å²) in [6, 6.07) is 29.4. The molecule has 0 spiro atoms. The molecule has 5 aromatic rings. The number of rotatable bonds is 8. The number of anilines is 2. The van der Waals surface area contributed by atoms with Crippen LogP contribution in [0.5, 0.6) is 0 Å². The summed E-state index contributed by atoms with van der Waals surface area (Å²) in [7, 11) is 1.89. The summed E-state index contributed by atoms with van der Waals surface area (Å²) in [5, 5.41) is 5.63. The minimum atomic E-state index is -0.610. The van der Waals surface area contributed by atoms with E-state index in [-0.39, 0.29) is 29.5 Å². The van der Waals surface area contributed by atoms with Crippen LogP contribution >= 0.6 is 11.9 Å². The van der Waals surface area contributed by atoms with Crippen LogP contribution in [0.4, 0.5) is 11.4 Å². The number of carbonyl (C=O) groups excluding carboxylic acids is 3. The number of amides is 3. The zero-order chi connectivity index (χ0) is 35.9. The summed E-state index contributed by atoms with van der Waals surface area (Å²) in [6.45, 7) is 5.66. The fraction of sp³-hybridized carbons (Fsp3) is 0.300. The quantitative estimate of drug-likeness (QED) is 0.201. The Hall–Kier alpha value is -5.29. The second kappa shape index (κ2) is 16.2. The Balaban J connectivity index is 0.000000344. The molecule has 0 unspecified atom stereocenters. The van der Waals surface area contributed by atoms with Crippen molar-refractivity contribution in [2.45, 2.75) is 26.3 Å². The first-order valence-electron chi connectivity index (χ1n) is 17.2. The van der Waals surface area contributed by atoms with Gasteiger partial charge in [0, 0.05) is 76.4 Å². The first-order valence-corrected chi connectivity index (χ1v) is 18.4. The van der Waals surface area contributed by atoms with Gasteiger partial charge in [-0.3, -0.25) is 19.2 Å². The number of hydrogen-bond acceptors (Lipinski definition) is 8. The van der Waals surface area contributed by atoms with E-state index >= 15 is 0 Å². The van der Waals surface area contributed by atoms with Crippen molar-refractivity contribution in [3.8, 4) is 0 Å². The average molecular weight is 706 g/mol. The van der Waals surface area contributed by atoms with E-state index in [2.05, 4.69) is 71.7 Å². The normalized spacial score (nSPS) is 14.4. The number of nitrogens with one attached hydrogen (secondary N) is 1. The number of hydrogen-bond donors (Lipinski definition) is 1. The van der Waals surface area contributed by atoms with Gasteiger partial charge in [-0.25, -0.2) is 0 Å². The Morgan fingerprint density at radius 3 is 2.35 bits per heavy atom. The third-order valence-electron chi connectivity index (χ3n) is 9.37. The van der Waals surface area contributed by atoms with E-state index < -0.39 is 5.91 Å². The molecule has 7 rings (SSSR count). The van der Waals surface area contributed by atoms with Gasteiger partial charge in [0.05, 0.1) is 11.9 Å². The Morgan fingerprint density at radius 2 is 1.61 bits per heavy atom. The van der Waals surface area contributed by atoms with Crippen LogP contribution in [0.3, 0.4) is 0 Å². The van der Waals surface area contributed by atoms with Gasteiger partial charge >= 0.3 is 0 Å². The second-order valence-corrected chi connectivity index (χ2v) is 13.7. The van der Waals surface area contributed by atoms with Crippen LogP contribution in [-0.2, 0) is 16.1 Å². The predicted octanol–water partition coefficient (Wildman–Crippen LogP) is 5.86. The fourth-order valence-electron chi connectivity index (χ4n) is 6.45. The molecule has 4 aromatic carbocycles. The van der Waals surface area contributed by atoms with Gasteiger partial charge in [0.1, 0.15) is 5.58 Å². The maximum Gasteiger partial charge on any atom is 0.287 e. The molecule has 0 atom stereocenters. The lowest BCUT2D eigenvalue weighted by Crippen LogP contribution is -2.51. The molecule has 10 nitrogen and oxygen atoms in total. The largest absolute Gasteiger partial charge is 0.451 e. The van der Waals surface area contributed by atoms with E-state index in [9.17, 15) is 19.2 Å². The lowest BCUT2D eigenvalue weighted by molar-refractivity contribution is -0.130. The van der Waals surface area contributed by atoms with Crippen molar-refractivity contribution in [3.05, 3.63) is 118 Å². The average Bonchev–Trinajstić information content (AvgIpc) is 3.57. The van der Waals surface area contributed by atoms with Crippen molar-refractivity contribution in [1.82, 2.24) is 15.1 Å². The third-order valence-corrected chi connectivity index (χ3v) is 10.1. The van der Waals surface area contributed by atoms with Crippen LogP contribution in [0.1, 0.15) is 34.5 Å². The molecular weight excluding hydrogens is 663 g/mol. The number of carbonyl (C=O) groups is 3. The van der Waals surface area contributed by atoms with E-state index in [0.29, 0.717) is 50.1 Å². The van der Waals surface area contributed by atoms with E-state index in [1.165, 1.54) is 28.3 Å². The van der Waals surface area contributed by atoms with E-state index in [0.717, 1.165) is 36.0 Å². The number of para-hydroxylation sites is 1. The Bertz CT molecular complexity index is 2110. The number of likely N-dealkylation sites (tertiary alicyclic amines) is 1. The van der Waals surface area contributed by atoms with Crippen LogP contribution in [-0.4, -0.2) is 80.1 Å². The van der Waals surface area contributed by atoms with Gasteiger partial charge in [-0.2, -0.15) is 0 Å². The standard InChI is InChI=1S/C29H33N5O5S.C11H10/c1-31(40-2)21-9-10-25-22(16-21)24(35)17-26(39-25)29(38)30-18-28(37)33-14-12-32(13-15-33)23-7-4-3-6-20(23)19-34-11-5-8-27(34)36;1-9-6-7-10-4-2-3-5-11(10)8-9/h3-4,6-7,9-10,16-17H,5,8,11-15,18-19H2,1-2H3,(H,30,38);2-8H,1H3. The van der Waals surface area contributed by atoms with Gasteiger partial charge in [0.25, 0.3) is 5.91 Å². The summed E-state index contributed by atoms with van der Waals surface area (Å²) in [5.74, 6) is -0.740. The molecule has 0 saturated carbocycles. The van der Waals surface area contributed by atoms with Crippen molar-refractivity contribution < 1.29 is 18.8 Å². The summed E-state index contributed by atoms with van der Waals surface area (Å²) >= 11 is 1.51. The van der Waals surface area contributed by atoms with Crippen LogP contribution < -0.4 is 20.0 Å². The molecule has 3 heterocycles. The van der Waals surface area contributed by atoms with Gasteiger partial charge in [0.15, 0.2) is 11.2 Å². The minimum absolute atomic E-state index is 0.130. The summed E-state index contributed by atoms with van der Waals surface area (Å²) < 4.78 is 7.60. The fourth-order valence-corrected chi connectivity index (χ4v) is 6.77. The maximum absolute atomic E-state index is 12.9. The molecule has 11 heteroatoms. The molecule has 264 valence electrons. The molecule has 3 amide bonds. The number of benzene rings is 4. The zero-order valence-electron chi connectivity index (χ0n) is 29.3. The molecule has 2 aliphatic heterocycles. The van der Waals surface area contributed by atoms with E-state index in [4.69, 9.17) is 4.42 Å². The topological polar surface area (TPSA) is 106 Å². The lowest BCUT2D eigenvalue weighted by atomic mass is 10.1. The molecule has 51 heavy (non-hydrogen) atoms. The summed E-state index contributed by atoms with van der Waals surface area (Å²) in [6.07, 6.45) is 3.45. The van der Waals surface area contributed by atoms with Gasteiger partial charge in [-0.15, -0.1) is 0 Å². The van der Waals surface area contributed by atoms with Crippen molar-refractivity contribution in [3.63, 3.8) is 0 Å². The zero-order valence-corrected chi connectivity index (χ0v) is 30.1. The molecule has 0 radical (unpaired) electrons. The van der Waals surface area contributed by atoms with Crippen LogP contribution in [0.15, 0.2) is 100 Å². The predicted molar refractivity (Wildman–Crippen MR) is 205 cm³/mol. The van der Waals surface area contributed by atoms with Crippen LogP contribution in [0.2, 0.25) is 0 Å². The molecule has 0 bridgehead atoms. The second-order valence-electron chi connectivity index (χ2n) is 12.8. The van der Waals surface area contributed by atoms with Crippen molar-refractivity contribution in [2.75, 3.05) is 61.8 Å². The molecule has 2 aliphatic rings. The van der Waals surface area contributed by atoms with E-state index in [1.54, 1.807) is 17.0 Å². The molecule has 2 fully saturated rings. The van der Waals surface area contributed by atoms with Gasteiger partial charge in [-0.05, 0) is 53.9 Å². The van der Waals surface area contributed by atoms with Crippen LogP contribution in [0.25, 0.3) is 21.7 Å². The molecule has 1 N–H and O–H groups in total. The SMILES string of the molecule is CSN(C)c1ccc2oc(C(=O)NCC(=O)N3CCN(c4ccccc4CN4CCCC4=O)CC3)cc(=O)c2c1.Cc1ccc2ccccc2c1. The van der Waals surface area contributed by atoms with Crippen molar-refractivity contribution in [1.29, 1.82) is 0 Å². The number of aryl methyl sites for hydroxylation is 1. The Morgan fingerprint density at radius 1 is 0.863 bits per heavy atom. The first-order chi connectivity index (χ1) is 24.7. The molecule has 1 aromatic heterocycles. The number of fused-ring (bicyclic) bond motifs is 2. The Kier molecular flexibility index (Phi) is 11.3. The first kappa shape index (κ1) is 35.5. The number of piperazine rings is 1. The summed E-state index contributed by atoms with van der Waals surface area (Å²) in [5.41, 5.74) is 4.35. The highest BCUT2D eigenvalue weighted by atomic mass is 32.2. The minimum Gasteiger partial charge on any atom is -0.451 e. The van der Waals surface area contributed by atoms with Crippen molar-refractivity contribution in [2.24, 2.45) is 0 Å². The third kappa shape index (κ3) is 8.54. The highest BCUT2D eigenvalue weighted by Crippen LogP contribution is 2.26. The van der Waals surface area contributed by atoms with Gasteiger partial charge in [0.2, 0.25) is 11.8 Å². The monoisotopic (exact) mass is 705 g/mol. The molecule has 2 saturated heterocycles. The number of nitrogens with zero attached hydrogens (tertiary/aromatic N) is 4. The summed E-state index contributed by atoms with van der Waals surface area (Å²) in [4.78, 5) is 56.3. The maximum atomic E-state index is 12.9. The highest BCUT2D eigenvalue weighted by Gasteiger charge is 2.26. The Labute approximate surface area is 302 Å².